The number of hydrogen-bond donors (Lipinski definition) is 1. The molecule has 0 saturated carbocycles. The Labute approximate surface area is 132 Å². The molecule has 0 aliphatic carbocycles. The van der Waals surface area contributed by atoms with Gasteiger partial charge in [0.2, 0.25) is 0 Å². The summed E-state index contributed by atoms with van der Waals surface area (Å²) in [7, 11) is 0. The van der Waals surface area contributed by atoms with Crippen LogP contribution < -0.4 is 5.32 Å². The Morgan fingerprint density at radius 1 is 1.09 bits per heavy atom. The smallest absolute Gasteiger partial charge is 0.289 e. The van der Waals surface area contributed by atoms with Crippen LogP contribution in [0.25, 0.3) is 0 Å². The molecule has 0 fully saturated rings. The fourth-order valence-corrected chi connectivity index (χ4v) is 1.92. The average molecular weight is 340 g/mol. The molecule has 0 aliphatic rings. The van der Waals surface area contributed by atoms with Gasteiger partial charge in [0.1, 0.15) is 11.4 Å². The molecule has 10 heteroatoms. The first-order valence-corrected chi connectivity index (χ1v) is 6.36. The summed E-state index contributed by atoms with van der Waals surface area (Å²) in [4.78, 5) is 31.9. The van der Waals surface area contributed by atoms with E-state index in [4.69, 9.17) is 11.6 Å². The van der Waals surface area contributed by atoms with Crippen LogP contribution in [-0.4, -0.2) is 15.8 Å². The predicted molar refractivity (Wildman–Crippen MR) is 79.1 cm³/mol. The van der Waals surface area contributed by atoms with Crippen LogP contribution in [0, 0.1) is 26.0 Å². The van der Waals surface area contributed by atoms with Gasteiger partial charge in [0.15, 0.2) is 0 Å². The highest BCUT2D eigenvalue weighted by molar-refractivity contribution is 6.30. The molecule has 2 aromatic rings. The Morgan fingerprint density at radius 2 is 1.78 bits per heavy atom. The van der Waals surface area contributed by atoms with Crippen LogP contribution in [0.4, 0.5) is 21.5 Å². The van der Waals surface area contributed by atoms with Gasteiger partial charge >= 0.3 is 0 Å². The molecule has 0 heterocycles. The number of nitrogens with one attached hydrogen (secondary N) is 1. The lowest BCUT2D eigenvalue weighted by Gasteiger charge is -2.07. The lowest BCUT2D eigenvalue weighted by molar-refractivity contribution is -0.394. The summed E-state index contributed by atoms with van der Waals surface area (Å²) in [6.45, 7) is 0. The maximum atomic E-state index is 13.6. The van der Waals surface area contributed by atoms with Crippen LogP contribution in [0.2, 0.25) is 5.02 Å². The van der Waals surface area contributed by atoms with Gasteiger partial charge in [-0.05, 0) is 24.3 Å². The van der Waals surface area contributed by atoms with Crippen molar-refractivity contribution < 1.29 is 19.0 Å². The summed E-state index contributed by atoms with van der Waals surface area (Å²) in [5.41, 5.74) is -1.96. The number of carbonyl (C=O) groups excluding carboxylic acids is 1. The molecule has 2 aromatic carbocycles. The number of rotatable bonds is 4. The quantitative estimate of drug-likeness (QED) is 0.675. The van der Waals surface area contributed by atoms with E-state index in [0.717, 1.165) is 18.2 Å². The minimum absolute atomic E-state index is 0.113. The van der Waals surface area contributed by atoms with Crippen LogP contribution in [0.15, 0.2) is 36.4 Å². The van der Waals surface area contributed by atoms with Crippen molar-refractivity contribution in [1.29, 1.82) is 0 Å². The second-order valence-electron chi connectivity index (χ2n) is 4.29. The molecular weight excluding hydrogens is 333 g/mol. The van der Waals surface area contributed by atoms with E-state index in [9.17, 15) is 29.4 Å². The Morgan fingerprint density at radius 3 is 2.35 bits per heavy atom. The minimum Gasteiger partial charge on any atom is -0.319 e. The van der Waals surface area contributed by atoms with Gasteiger partial charge in [0, 0.05) is 11.1 Å². The van der Waals surface area contributed by atoms with Crippen molar-refractivity contribution in [3.05, 3.63) is 73.0 Å². The van der Waals surface area contributed by atoms with Gasteiger partial charge in [-0.2, -0.15) is 0 Å². The zero-order chi connectivity index (χ0) is 17.1. The molecule has 0 atom stereocenters. The number of carbonyl (C=O) groups is 1. The van der Waals surface area contributed by atoms with Crippen molar-refractivity contribution in [2.75, 3.05) is 5.32 Å². The Hall–Kier alpha value is -3.07. The van der Waals surface area contributed by atoms with E-state index in [2.05, 4.69) is 5.32 Å². The summed E-state index contributed by atoms with van der Waals surface area (Å²) in [6, 6.07) is 6.01. The second kappa shape index (κ2) is 6.36. The fourth-order valence-electron chi connectivity index (χ4n) is 1.76. The topological polar surface area (TPSA) is 115 Å². The van der Waals surface area contributed by atoms with Gasteiger partial charge in [-0.15, -0.1) is 0 Å². The number of nitro benzene ring substituents is 2. The predicted octanol–water partition coefficient (Wildman–Crippen LogP) is 3.55. The van der Waals surface area contributed by atoms with E-state index in [1.54, 1.807) is 0 Å². The molecule has 1 N–H and O–H groups in total. The van der Waals surface area contributed by atoms with E-state index in [1.165, 1.54) is 12.1 Å². The third-order valence-electron chi connectivity index (χ3n) is 2.81. The maximum Gasteiger partial charge on any atom is 0.289 e. The van der Waals surface area contributed by atoms with E-state index >= 15 is 0 Å². The monoisotopic (exact) mass is 339 g/mol. The molecular formula is C13H7ClFN3O5. The molecule has 1 amide bonds. The number of non-ortho nitro benzene ring substituents is 1. The van der Waals surface area contributed by atoms with E-state index in [1.807, 2.05) is 0 Å². The third-order valence-corrected chi connectivity index (χ3v) is 3.05. The number of nitro groups is 2. The third kappa shape index (κ3) is 3.58. The van der Waals surface area contributed by atoms with Gasteiger partial charge < -0.3 is 5.32 Å². The zero-order valence-corrected chi connectivity index (χ0v) is 11.9. The molecule has 0 saturated heterocycles. The molecule has 0 aliphatic heterocycles. The Kier molecular flexibility index (Phi) is 4.51. The number of halogens is 2. The number of amides is 1. The van der Waals surface area contributed by atoms with Gasteiger partial charge in [-0.25, -0.2) is 4.39 Å². The van der Waals surface area contributed by atoms with E-state index in [0.29, 0.717) is 6.07 Å². The normalized spacial score (nSPS) is 10.2. The average Bonchev–Trinajstić information content (AvgIpc) is 2.49. The minimum atomic E-state index is -0.979. The molecule has 0 unspecified atom stereocenters. The molecule has 118 valence electrons. The van der Waals surface area contributed by atoms with Gasteiger partial charge in [-0.3, -0.25) is 25.0 Å². The summed E-state index contributed by atoms with van der Waals surface area (Å²) < 4.78 is 13.6. The first kappa shape index (κ1) is 16.3. The molecule has 0 spiro atoms. The molecule has 23 heavy (non-hydrogen) atoms. The van der Waals surface area contributed by atoms with E-state index in [-0.39, 0.29) is 10.7 Å². The second-order valence-corrected chi connectivity index (χ2v) is 4.73. The highest BCUT2D eigenvalue weighted by Crippen LogP contribution is 2.26. The molecule has 0 aromatic heterocycles. The molecule has 2 rings (SSSR count). The van der Waals surface area contributed by atoms with Gasteiger partial charge in [0.25, 0.3) is 17.3 Å². The number of benzene rings is 2. The lowest BCUT2D eigenvalue weighted by atomic mass is 10.1. The summed E-state index contributed by atoms with van der Waals surface area (Å²) in [5, 5.41) is 23.9. The van der Waals surface area contributed by atoms with Crippen LogP contribution >= 0.6 is 11.6 Å². The fraction of sp³-hybridized carbons (Fsp3) is 0. The standard InChI is InChI=1S/C13H7ClFN3O5/c14-7-1-4-11(10(15)5-7)16-13(19)9-3-2-8(17(20)21)6-12(9)18(22)23/h1-6H,(H,16,19). The Bertz CT molecular complexity index is 827. The lowest BCUT2D eigenvalue weighted by Crippen LogP contribution is -2.15. The van der Waals surface area contributed by atoms with E-state index < -0.39 is 38.5 Å². The summed E-state index contributed by atoms with van der Waals surface area (Å²) in [5.74, 6) is -1.80. The molecule has 8 nitrogen and oxygen atoms in total. The van der Waals surface area contributed by atoms with Crippen molar-refractivity contribution in [3.63, 3.8) is 0 Å². The number of anilines is 1. The van der Waals surface area contributed by atoms with Crippen LogP contribution in [0.5, 0.6) is 0 Å². The number of hydrogen-bond acceptors (Lipinski definition) is 5. The van der Waals surface area contributed by atoms with Crippen molar-refractivity contribution >= 4 is 34.6 Å². The maximum absolute atomic E-state index is 13.6. The van der Waals surface area contributed by atoms with Crippen molar-refractivity contribution in [1.82, 2.24) is 0 Å². The molecule has 0 radical (unpaired) electrons. The zero-order valence-electron chi connectivity index (χ0n) is 11.2. The summed E-state index contributed by atoms with van der Waals surface area (Å²) in [6.07, 6.45) is 0. The largest absolute Gasteiger partial charge is 0.319 e. The first-order chi connectivity index (χ1) is 10.8. The summed E-state index contributed by atoms with van der Waals surface area (Å²) >= 11 is 5.58. The van der Waals surface area contributed by atoms with Crippen LogP contribution in [-0.2, 0) is 0 Å². The highest BCUT2D eigenvalue weighted by atomic mass is 35.5. The highest BCUT2D eigenvalue weighted by Gasteiger charge is 2.24. The van der Waals surface area contributed by atoms with Crippen molar-refractivity contribution in [2.45, 2.75) is 0 Å². The van der Waals surface area contributed by atoms with Crippen LogP contribution in [0.1, 0.15) is 10.4 Å². The number of nitrogens with zero attached hydrogens (tertiary/aromatic N) is 2. The van der Waals surface area contributed by atoms with Crippen LogP contribution in [0.3, 0.4) is 0 Å². The van der Waals surface area contributed by atoms with Crippen molar-refractivity contribution in [3.8, 4) is 0 Å². The van der Waals surface area contributed by atoms with Gasteiger partial charge in [0.05, 0.1) is 21.6 Å². The van der Waals surface area contributed by atoms with Gasteiger partial charge in [-0.1, -0.05) is 11.6 Å². The molecule has 0 bridgehead atoms. The SMILES string of the molecule is O=C(Nc1ccc(Cl)cc1F)c1ccc([N+](=O)[O-])cc1[N+](=O)[O-]. The van der Waals surface area contributed by atoms with Crippen molar-refractivity contribution in [2.24, 2.45) is 0 Å². The Balaban J connectivity index is 2.38. The first-order valence-electron chi connectivity index (χ1n) is 5.99.